The maximum Gasteiger partial charge on any atom is 0.259 e. The van der Waals surface area contributed by atoms with Crippen LogP contribution in [-0.2, 0) is 6.42 Å². The fraction of sp³-hybridized carbons (Fsp3) is 0.120. The summed E-state index contributed by atoms with van der Waals surface area (Å²) in [6, 6.07) is 24.0. The number of benzene rings is 3. The first-order valence-electron chi connectivity index (χ1n) is 9.74. The molecule has 3 aromatic rings. The maximum absolute atomic E-state index is 12.9. The van der Waals surface area contributed by atoms with Crippen molar-refractivity contribution in [1.82, 2.24) is 5.32 Å². The number of ether oxygens (including phenoxy) is 1. The van der Waals surface area contributed by atoms with E-state index < -0.39 is 0 Å². The number of rotatable bonds is 9. The van der Waals surface area contributed by atoms with E-state index >= 15 is 0 Å². The van der Waals surface area contributed by atoms with E-state index in [1.165, 1.54) is 5.56 Å². The minimum Gasteiger partial charge on any atom is -0.492 e. The van der Waals surface area contributed by atoms with Gasteiger partial charge in [-0.05, 0) is 29.8 Å². The summed E-state index contributed by atoms with van der Waals surface area (Å²) in [7, 11) is 0. The number of para-hydroxylation sites is 2. The molecule has 3 aromatic carbocycles. The quantitative estimate of drug-likeness (QED) is 0.521. The zero-order valence-electron chi connectivity index (χ0n) is 16.6. The average molecular weight is 400 g/mol. The van der Waals surface area contributed by atoms with Crippen molar-refractivity contribution in [3.05, 3.63) is 108 Å². The molecule has 30 heavy (non-hydrogen) atoms. The summed E-state index contributed by atoms with van der Waals surface area (Å²) in [5.41, 5.74) is 2.39. The lowest BCUT2D eigenvalue weighted by Crippen LogP contribution is -2.25. The van der Waals surface area contributed by atoms with E-state index in [1.54, 1.807) is 48.5 Å². The van der Waals surface area contributed by atoms with Gasteiger partial charge in [0.2, 0.25) is 0 Å². The van der Waals surface area contributed by atoms with Gasteiger partial charge in [0.15, 0.2) is 0 Å². The fourth-order valence-electron chi connectivity index (χ4n) is 2.94. The largest absolute Gasteiger partial charge is 0.492 e. The van der Waals surface area contributed by atoms with Gasteiger partial charge < -0.3 is 15.4 Å². The minimum absolute atomic E-state index is 0.279. The first-order valence-corrected chi connectivity index (χ1v) is 9.74. The van der Waals surface area contributed by atoms with E-state index in [2.05, 4.69) is 17.2 Å². The molecular weight excluding hydrogens is 376 g/mol. The van der Waals surface area contributed by atoms with Crippen molar-refractivity contribution in [3.63, 3.8) is 0 Å². The van der Waals surface area contributed by atoms with Crippen molar-refractivity contribution in [2.45, 2.75) is 6.42 Å². The van der Waals surface area contributed by atoms with Gasteiger partial charge in [0.25, 0.3) is 11.8 Å². The molecule has 0 aliphatic rings. The first kappa shape index (κ1) is 20.9. The first-order chi connectivity index (χ1) is 14.7. The summed E-state index contributed by atoms with van der Waals surface area (Å²) in [6.07, 6.45) is 2.34. The third kappa shape index (κ3) is 5.58. The summed E-state index contributed by atoms with van der Waals surface area (Å²) in [6.45, 7) is 4.39. The highest BCUT2D eigenvalue weighted by molar-refractivity contribution is 6.10. The minimum atomic E-state index is -0.339. The van der Waals surface area contributed by atoms with Crippen LogP contribution in [0.15, 0.2) is 91.5 Å². The maximum atomic E-state index is 12.9. The van der Waals surface area contributed by atoms with Gasteiger partial charge >= 0.3 is 0 Å². The molecule has 0 fully saturated rings. The highest BCUT2D eigenvalue weighted by atomic mass is 16.5. The third-order valence-electron chi connectivity index (χ3n) is 4.45. The SMILES string of the molecule is C=CCNC(=O)c1ccccc1NC(=O)c1ccccc1OCCc1ccccc1. The van der Waals surface area contributed by atoms with Gasteiger partial charge in [0.1, 0.15) is 5.75 Å². The molecule has 0 bridgehead atoms. The van der Waals surface area contributed by atoms with Gasteiger partial charge in [-0.15, -0.1) is 6.58 Å². The highest BCUT2D eigenvalue weighted by Crippen LogP contribution is 2.22. The topological polar surface area (TPSA) is 67.4 Å². The molecule has 152 valence electrons. The zero-order chi connectivity index (χ0) is 21.2. The molecule has 0 unspecified atom stereocenters. The van der Waals surface area contributed by atoms with Crippen LogP contribution in [0.25, 0.3) is 0 Å². The predicted octanol–water partition coefficient (Wildman–Crippen LogP) is 4.48. The van der Waals surface area contributed by atoms with Crippen LogP contribution in [0.1, 0.15) is 26.3 Å². The molecule has 5 nitrogen and oxygen atoms in total. The van der Waals surface area contributed by atoms with Gasteiger partial charge in [-0.3, -0.25) is 9.59 Å². The van der Waals surface area contributed by atoms with Crippen molar-refractivity contribution in [3.8, 4) is 5.75 Å². The second-order valence-corrected chi connectivity index (χ2v) is 6.58. The van der Waals surface area contributed by atoms with Crippen molar-refractivity contribution in [1.29, 1.82) is 0 Å². The lowest BCUT2D eigenvalue weighted by Gasteiger charge is -2.14. The molecule has 2 amide bonds. The van der Waals surface area contributed by atoms with Crippen molar-refractivity contribution < 1.29 is 14.3 Å². The lowest BCUT2D eigenvalue weighted by atomic mass is 10.1. The molecule has 0 saturated carbocycles. The number of nitrogens with one attached hydrogen (secondary N) is 2. The van der Waals surface area contributed by atoms with Crippen LogP contribution in [0, 0.1) is 0 Å². The summed E-state index contributed by atoms with van der Waals surface area (Å²) in [5.74, 6) is -0.119. The Morgan fingerprint density at radius 3 is 2.27 bits per heavy atom. The van der Waals surface area contributed by atoms with E-state index in [4.69, 9.17) is 4.74 Å². The predicted molar refractivity (Wildman–Crippen MR) is 119 cm³/mol. The van der Waals surface area contributed by atoms with Gasteiger partial charge in [-0.2, -0.15) is 0 Å². The van der Waals surface area contributed by atoms with Crippen LogP contribution in [0.2, 0.25) is 0 Å². The molecule has 5 heteroatoms. The van der Waals surface area contributed by atoms with Crippen molar-refractivity contribution in [2.75, 3.05) is 18.5 Å². The lowest BCUT2D eigenvalue weighted by molar-refractivity contribution is 0.0959. The summed E-state index contributed by atoms with van der Waals surface area (Å²) in [4.78, 5) is 25.3. The zero-order valence-corrected chi connectivity index (χ0v) is 16.6. The fourth-order valence-corrected chi connectivity index (χ4v) is 2.94. The smallest absolute Gasteiger partial charge is 0.259 e. The van der Waals surface area contributed by atoms with Gasteiger partial charge in [-0.1, -0.05) is 60.7 Å². The molecule has 0 spiro atoms. The molecule has 3 rings (SSSR count). The third-order valence-corrected chi connectivity index (χ3v) is 4.45. The van der Waals surface area contributed by atoms with Crippen LogP contribution >= 0.6 is 0 Å². The van der Waals surface area contributed by atoms with Crippen LogP contribution in [0.4, 0.5) is 5.69 Å². The summed E-state index contributed by atoms with van der Waals surface area (Å²) >= 11 is 0. The van der Waals surface area contributed by atoms with Gasteiger partial charge in [-0.25, -0.2) is 0 Å². The Hall–Kier alpha value is -3.86. The van der Waals surface area contributed by atoms with Gasteiger partial charge in [0, 0.05) is 13.0 Å². The number of hydrogen-bond acceptors (Lipinski definition) is 3. The van der Waals surface area contributed by atoms with E-state index in [-0.39, 0.29) is 11.8 Å². The molecule has 0 radical (unpaired) electrons. The molecule has 2 N–H and O–H groups in total. The van der Waals surface area contributed by atoms with E-state index in [1.807, 2.05) is 36.4 Å². The Kier molecular flexibility index (Phi) is 7.39. The standard InChI is InChI=1S/C25H24N2O3/c1-2-17-26-24(28)20-12-6-8-14-22(20)27-25(29)21-13-7-9-15-23(21)30-18-16-19-10-4-3-5-11-19/h2-15H,1,16-18H2,(H,26,28)(H,27,29). The van der Waals surface area contributed by atoms with Crippen LogP contribution in [-0.4, -0.2) is 25.0 Å². The van der Waals surface area contributed by atoms with E-state index in [9.17, 15) is 9.59 Å². The molecule has 0 saturated heterocycles. The second kappa shape index (κ2) is 10.6. The Balaban J connectivity index is 1.70. The Morgan fingerprint density at radius 1 is 0.833 bits per heavy atom. The van der Waals surface area contributed by atoms with Crippen LogP contribution in [0.3, 0.4) is 0 Å². The van der Waals surface area contributed by atoms with Crippen molar-refractivity contribution >= 4 is 17.5 Å². The number of anilines is 1. The van der Waals surface area contributed by atoms with Gasteiger partial charge in [0.05, 0.1) is 23.4 Å². The molecule has 0 atom stereocenters. The second-order valence-electron chi connectivity index (χ2n) is 6.58. The van der Waals surface area contributed by atoms with E-state index in [0.29, 0.717) is 35.7 Å². The summed E-state index contributed by atoms with van der Waals surface area (Å²) < 4.78 is 5.88. The monoisotopic (exact) mass is 400 g/mol. The van der Waals surface area contributed by atoms with Crippen LogP contribution < -0.4 is 15.4 Å². The van der Waals surface area contributed by atoms with Crippen LogP contribution in [0.5, 0.6) is 5.75 Å². The summed E-state index contributed by atoms with van der Waals surface area (Å²) in [5, 5.41) is 5.55. The number of hydrogen-bond donors (Lipinski definition) is 2. The molecular formula is C25H24N2O3. The Morgan fingerprint density at radius 2 is 1.50 bits per heavy atom. The highest BCUT2D eigenvalue weighted by Gasteiger charge is 2.16. The Labute approximate surface area is 176 Å². The molecule has 0 aliphatic heterocycles. The molecule has 0 aliphatic carbocycles. The Bertz CT molecular complexity index is 1020. The van der Waals surface area contributed by atoms with E-state index in [0.717, 1.165) is 6.42 Å². The number of carbonyl (C=O) groups excluding carboxylic acids is 2. The number of carbonyl (C=O) groups is 2. The normalized spacial score (nSPS) is 10.1. The molecule has 0 heterocycles. The average Bonchev–Trinajstić information content (AvgIpc) is 2.79. The molecule has 0 aromatic heterocycles. The number of amides is 2. The van der Waals surface area contributed by atoms with Crippen molar-refractivity contribution in [2.24, 2.45) is 0 Å².